The third-order valence-electron chi connectivity index (χ3n) is 8.12. The molecular weight excluding hydrogens is 689 g/mol. The molecule has 0 fully saturated rings. The lowest BCUT2D eigenvalue weighted by atomic mass is 10.1. The summed E-state index contributed by atoms with van der Waals surface area (Å²) < 4.78 is 26.8. The standard InChI is InChI=1S/C43H74NO8P/c1-3-5-7-9-11-13-15-16-17-18-19-20-21-22-23-24-26-27-29-31-33-35-42(46)44-37-38-51-53(48,49)52-40-41(45)39-50-43(47)36-34-32-30-28-25-14-12-10-8-6-4-2/h5,7,10-13,16-17,19-20,22-23,41,45H,3-4,6,8-9,14-15,18,21,24-40H2,1-2H3,(H,44,46)(H,48,49)/b7-5-,12-10-,13-11-,17-16-,20-19-,23-22-. The summed E-state index contributed by atoms with van der Waals surface area (Å²) in [5.74, 6) is -0.553. The molecule has 0 aromatic heterocycles. The molecule has 0 spiro atoms. The number of esters is 1. The first-order valence-corrected chi connectivity index (χ1v) is 21.9. The van der Waals surface area contributed by atoms with Gasteiger partial charge in [0, 0.05) is 19.4 Å². The van der Waals surface area contributed by atoms with Crippen LogP contribution in [0.15, 0.2) is 72.9 Å². The fourth-order valence-corrected chi connectivity index (χ4v) is 5.79. The fourth-order valence-electron chi connectivity index (χ4n) is 5.03. The van der Waals surface area contributed by atoms with Crippen LogP contribution in [0.25, 0.3) is 0 Å². The third kappa shape index (κ3) is 40.5. The van der Waals surface area contributed by atoms with E-state index in [1.807, 2.05) is 0 Å². The zero-order valence-electron chi connectivity index (χ0n) is 33.2. The Hall–Kier alpha value is -2.55. The summed E-state index contributed by atoms with van der Waals surface area (Å²) in [6, 6.07) is 0. The number of hydrogen-bond acceptors (Lipinski definition) is 7. The number of rotatable bonds is 37. The van der Waals surface area contributed by atoms with Crippen molar-refractivity contribution >= 4 is 19.7 Å². The molecule has 0 saturated carbocycles. The lowest BCUT2D eigenvalue weighted by Crippen LogP contribution is -2.27. The topological polar surface area (TPSA) is 131 Å². The summed E-state index contributed by atoms with van der Waals surface area (Å²) in [5, 5.41) is 12.6. The number of hydrogen-bond donors (Lipinski definition) is 3. The van der Waals surface area contributed by atoms with Gasteiger partial charge in [0.1, 0.15) is 12.7 Å². The van der Waals surface area contributed by atoms with Gasteiger partial charge in [-0.05, 0) is 77.0 Å². The molecule has 0 rings (SSSR count). The Bertz CT molecular complexity index is 1100. The second kappa shape index (κ2) is 39.2. The maximum absolute atomic E-state index is 12.1. The predicted molar refractivity (Wildman–Crippen MR) is 219 cm³/mol. The molecule has 53 heavy (non-hydrogen) atoms. The van der Waals surface area contributed by atoms with Crippen LogP contribution in [0.1, 0.15) is 155 Å². The monoisotopic (exact) mass is 764 g/mol. The highest BCUT2D eigenvalue weighted by Crippen LogP contribution is 2.42. The van der Waals surface area contributed by atoms with Crippen LogP contribution >= 0.6 is 7.82 Å². The van der Waals surface area contributed by atoms with Crippen molar-refractivity contribution in [2.45, 2.75) is 161 Å². The van der Waals surface area contributed by atoms with Crippen LogP contribution in [0, 0.1) is 0 Å². The van der Waals surface area contributed by atoms with Crippen LogP contribution in [0.4, 0.5) is 0 Å². The van der Waals surface area contributed by atoms with Crippen molar-refractivity contribution in [3.63, 3.8) is 0 Å². The number of aliphatic hydroxyl groups excluding tert-OH is 1. The molecule has 0 aromatic rings. The molecule has 3 N–H and O–H groups in total. The van der Waals surface area contributed by atoms with Crippen LogP contribution in [0.5, 0.6) is 0 Å². The van der Waals surface area contributed by atoms with E-state index in [0.717, 1.165) is 116 Å². The summed E-state index contributed by atoms with van der Waals surface area (Å²) >= 11 is 0. The molecule has 9 nitrogen and oxygen atoms in total. The Labute approximate surface area is 322 Å². The summed E-state index contributed by atoms with van der Waals surface area (Å²) in [6.45, 7) is 3.34. The quantitative estimate of drug-likeness (QED) is 0.0247. The number of allylic oxidation sites excluding steroid dienone is 12. The number of aliphatic hydroxyl groups is 1. The minimum absolute atomic E-state index is 0.0657. The SMILES string of the molecule is CC/C=C\C/C=C\C/C=C\C/C=C\C/C=C\CCCCCCCC(=O)NCCOP(=O)(O)OCC(O)COC(=O)CCCCCCC/C=C\CCCC. The Balaban J connectivity index is 3.67. The second-order valence-corrected chi connectivity index (χ2v) is 14.7. The lowest BCUT2D eigenvalue weighted by molar-refractivity contribution is -0.147. The number of amides is 1. The maximum atomic E-state index is 12.1. The minimum Gasteiger partial charge on any atom is -0.463 e. The molecule has 2 atom stereocenters. The molecule has 10 heteroatoms. The molecular formula is C43H74NO8P. The molecule has 1 amide bonds. The third-order valence-corrected chi connectivity index (χ3v) is 9.10. The first-order chi connectivity index (χ1) is 25.8. The fraction of sp³-hybridized carbons (Fsp3) is 0.674. The van der Waals surface area contributed by atoms with Crippen LogP contribution in [-0.4, -0.2) is 54.3 Å². The van der Waals surface area contributed by atoms with E-state index in [-0.39, 0.29) is 32.1 Å². The van der Waals surface area contributed by atoms with Gasteiger partial charge in [-0.1, -0.05) is 138 Å². The summed E-state index contributed by atoms with van der Waals surface area (Å²) in [7, 11) is -4.42. The zero-order valence-corrected chi connectivity index (χ0v) is 34.1. The number of carbonyl (C=O) groups excluding carboxylic acids is 2. The van der Waals surface area contributed by atoms with Gasteiger partial charge in [-0.2, -0.15) is 0 Å². The Morgan fingerprint density at radius 2 is 1.08 bits per heavy atom. The number of nitrogens with one attached hydrogen (secondary N) is 1. The van der Waals surface area contributed by atoms with Crippen LogP contribution in [-0.2, 0) is 27.9 Å². The van der Waals surface area contributed by atoms with Gasteiger partial charge in [-0.15, -0.1) is 0 Å². The van der Waals surface area contributed by atoms with Crippen molar-refractivity contribution in [3.8, 4) is 0 Å². The molecule has 0 radical (unpaired) electrons. The van der Waals surface area contributed by atoms with Crippen molar-refractivity contribution in [3.05, 3.63) is 72.9 Å². The molecule has 0 heterocycles. The van der Waals surface area contributed by atoms with Crippen LogP contribution in [0.3, 0.4) is 0 Å². The highest BCUT2D eigenvalue weighted by molar-refractivity contribution is 7.47. The molecule has 0 aliphatic rings. The average Bonchev–Trinajstić information content (AvgIpc) is 3.14. The van der Waals surface area contributed by atoms with Crippen molar-refractivity contribution in [1.29, 1.82) is 0 Å². The molecule has 304 valence electrons. The Morgan fingerprint density at radius 1 is 0.604 bits per heavy atom. The predicted octanol–water partition coefficient (Wildman–Crippen LogP) is 11.1. The average molecular weight is 764 g/mol. The number of phosphoric ester groups is 1. The first kappa shape index (κ1) is 50.5. The highest BCUT2D eigenvalue weighted by atomic mass is 31.2. The first-order valence-electron chi connectivity index (χ1n) is 20.4. The minimum atomic E-state index is -4.42. The molecule has 0 aliphatic heterocycles. The second-order valence-electron chi connectivity index (χ2n) is 13.2. The molecule has 0 saturated heterocycles. The molecule has 0 bridgehead atoms. The Morgan fingerprint density at radius 3 is 1.64 bits per heavy atom. The van der Waals surface area contributed by atoms with E-state index in [2.05, 4.69) is 92.1 Å². The molecule has 2 unspecified atom stereocenters. The van der Waals surface area contributed by atoms with Gasteiger partial charge in [0.25, 0.3) is 0 Å². The number of carbonyl (C=O) groups is 2. The van der Waals surface area contributed by atoms with Gasteiger partial charge in [0.15, 0.2) is 0 Å². The summed E-state index contributed by atoms with van der Waals surface area (Å²) in [5.41, 5.74) is 0. The van der Waals surface area contributed by atoms with E-state index in [0.29, 0.717) is 6.42 Å². The van der Waals surface area contributed by atoms with Gasteiger partial charge < -0.3 is 20.1 Å². The van der Waals surface area contributed by atoms with Gasteiger partial charge in [0.05, 0.1) is 13.2 Å². The zero-order chi connectivity index (χ0) is 38.9. The van der Waals surface area contributed by atoms with Crippen LogP contribution < -0.4 is 5.32 Å². The van der Waals surface area contributed by atoms with Crippen LogP contribution in [0.2, 0.25) is 0 Å². The van der Waals surface area contributed by atoms with Crippen molar-refractivity contribution < 1.29 is 37.9 Å². The van der Waals surface area contributed by atoms with E-state index in [1.54, 1.807) is 0 Å². The van der Waals surface area contributed by atoms with E-state index in [4.69, 9.17) is 13.8 Å². The maximum Gasteiger partial charge on any atom is 0.472 e. The summed E-state index contributed by atoms with van der Waals surface area (Å²) in [6.07, 6.45) is 46.9. The summed E-state index contributed by atoms with van der Waals surface area (Å²) in [4.78, 5) is 33.8. The normalized spacial score (nSPS) is 14.1. The number of ether oxygens (including phenoxy) is 1. The van der Waals surface area contributed by atoms with Crippen molar-refractivity contribution in [2.75, 3.05) is 26.4 Å². The molecule has 0 aromatic carbocycles. The smallest absolute Gasteiger partial charge is 0.463 e. The van der Waals surface area contributed by atoms with E-state index in [1.165, 1.54) is 12.8 Å². The highest BCUT2D eigenvalue weighted by Gasteiger charge is 2.23. The van der Waals surface area contributed by atoms with E-state index < -0.39 is 26.5 Å². The van der Waals surface area contributed by atoms with E-state index >= 15 is 0 Å². The Kier molecular flexibility index (Phi) is 37.3. The van der Waals surface area contributed by atoms with Crippen molar-refractivity contribution in [2.24, 2.45) is 0 Å². The molecule has 0 aliphatic carbocycles. The van der Waals surface area contributed by atoms with Crippen molar-refractivity contribution in [1.82, 2.24) is 5.32 Å². The lowest BCUT2D eigenvalue weighted by Gasteiger charge is -2.15. The number of phosphoric acid groups is 1. The van der Waals surface area contributed by atoms with Gasteiger partial charge in [-0.25, -0.2) is 4.57 Å². The van der Waals surface area contributed by atoms with Gasteiger partial charge >= 0.3 is 13.8 Å². The van der Waals surface area contributed by atoms with Gasteiger partial charge in [-0.3, -0.25) is 18.6 Å². The van der Waals surface area contributed by atoms with E-state index in [9.17, 15) is 24.2 Å². The van der Waals surface area contributed by atoms with Gasteiger partial charge in [0.2, 0.25) is 5.91 Å². The number of unbranched alkanes of at least 4 members (excludes halogenated alkanes) is 12. The largest absolute Gasteiger partial charge is 0.472 e.